The summed E-state index contributed by atoms with van der Waals surface area (Å²) in [6.07, 6.45) is 0.928. The number of aromatic nitrogens is 2. The molecular formula is C12H16ClN3S. The van der Waals surface area contributed by atoms with Crippen molar-refractivity contribution >= 4 is 22.9 Å². The molecule has 0 aliphatic heterocycles. The highest BCUT2D eigenvalue weighted by Gasteiger charge is 2.17. The minimum absolute atomic E-state index is 0.139. The van der Waals surface area contributed by atoms with Crippen molar-refractivity contribution in [1.29, 1.82) is 0 Å². The van der Waals surface area contributed by atoms with Gasteiger partial charge < -0.3 is 5.73 Å². The SMILES string of the molecule is CCc1cc(C(N)c2ccc(Cl)s2)n(CC)n1. The first-order chi connectivity index (χ1) is 8.15. The summed E-state index contributed by atoms with van der Waals surface area (Å²) in [6.45, 7) is 5.01. The summed E-state index contributed by atoms with van der Waals surface area (Å²) in [6, 6.07) is 5.81. The molecule has 5 heteroatoms. The van der Waals surface area contributed by atoms with Crippen molar-refractivity contribution in [3.63, 3.8) is 0 Å². The molecule has 3 nitrogen and oxygen atoms in total. The lowest BCUT2D eigenvalue weighted by Crippen LogP contribution is -2.15. The molecule has 0 aliphatic rings. The van der Waals surface area contributed by atoms with Crippen LogP contribution >= 0.6 is 22.9 Å². The van der Waals surface area contributed by atoms with E-state index in [1.807, 2.05) is 16.8 Å². The van der Waals surface area contributed by atoms with E-state index in [2.05, 4.69) is 25.0 Å². The van der Waals surface area contributed by atoms with Gasteiger partial charge in [-0.25, -0.2) is 0 Å². The van der Waals surface area contributed by atoms with Gasteiger partial charge in [0.2, 0.25) is 0 Å². The first-order valence-corrected chi connectivity index (χ1v) is 6.92. The Morgan fingerprint density at radius 1 is 1.47 bits per heavy atom. The van der Waals surface area contributed by atoms with Gasteiger partial charge in [-0.3, -0.25) is 4.68 Å². The molecule has 0 aliphatic carbocycles. The van der Waals surface area contributed by atoms with Crippen LogP contribution in [0.1, 0.15) is 36.2 Å². The lowest BCUT2D eigenvalue weighted by Gasteiger charge is -2.11. The summed E-state index contributed by atoms with van der Waals surface area (Å²) >= 11 is 7.46. The van der Waals surface area contributed by atoms with Crippen molar-refractivity contribution in [2.75, 3.05) is 0 Å². The van der Waals surface area contributed by atoms with Crippen LogP contribution in [0.2, 0.25) is 4.34 Å². The van der Waals surface area contributed by atoms with E-state index in [4.69, 9.17) is 17.3 Å². The van der Waals surface area contributed by atoms with Gasteiger partial charge in [0, 0.05) is 11.4 Å². The maximum absolute atomic E-state index is 6.26. The molecule has 2 N–H and O–H groups in total. The standard InChI is InChI=1S/C12H16ClN3S/c1-3-8-7-9(16(4-2)15-8)12(14)10-5-6-11(13)17-10/h5-7,12H,3-4,14H2,1-2H3. The third-order valence-corrected chi connectivity index (χ3v) is 4.06. The van der Waals surface area contributed by atoms with E-state index in [0.29, 0.717) is 0 Å². The summed E-state index contributed by atoms with van der Waals surface area (Å²) in [5.41, 5.74) is 8.41. The van der Waals surface area contributed by atoms with Crippen LogP contribution in [-0.4, -0.2) is 9.78 Å². The number of rotatable bonds is 4. The van der Waals surface area contributed by atoms with Gasteiger partial charge >= 0.3 is 0 Å². The van der Waals surface area contributed by atoms with E-state index in [1.165, 1.54) is 11.3 Å². The third kappa shape index (κ3) is 2.54. The summed E-state index contributed by atoms with van der Waals surface area (Å²) in [5.74, 6) is 0. The van der Waals surface area contributed by atoms with E-state index in [1.54, 1.807) is 0 Å². The monoisotopic (exact) mass is 269 g/mol. The molecular weight excluding hydrogens is 254 g/mol. The van der Waals surface area contributed by atoms with E-state index in [9.17, 15) is 0 Å². The summed E-state index contributed by atoms with van der Waals surface area (Å²) in [5, 5.41) is 4.51. The average Bonchev–Trinajstić information content (AvgIpc) is 2.93. The largest absolute Gasteiger partial charge is 0.318 e. The topological polar surface area (TPSA) is 43.8 Å². The Hall–Kier alpha value is -0.840. The predicted molar refractivity (Wildman–Crippen MR) is 72.6 cm³/mol. The van der Waals surface area contributed by atoms with E-state index < -0.39 is 0 Å². The molecule has 0 saturated heterocycles. The maximum atomic E-state index is 6.26. The van der Waals surface area contributed by atoms with Crippen molar-refractivity contribution < 1.29 is 0 Å². The lowest BCUT2D eigenvalue weighted by atomic mass is 10.1. The van der Waals surface area contributed by atoms with Gasteiger partial charge in [0.15, 0.2) is 0 Å². The lowest BCUT2D eigenvalue weighted by molar-refractivity contribution is 0.597. The summed E-state index contributed by atoms with van der Waals surface area (Å²) < 4.78 is 2.74. The highest BCUT2D eigenvalue weighted by molar-refractivity contribution is 7.16. The number of nitrogens with zero attached hydrogens (tertiary/aromatic N) is 2. The van der Waals surface area contributed by atoms with Gasteiger partial charge in [-0.1, -0.05) is 18.5 Å². The van der Waals surface area contributed by atoms with Gasteiger partial charge in [0.25, 0.3) is 0 Å². The molecule has 0 fully saturated rings. The van der Waals surface area contributed by atoms with Crippen molar-refractivity contribution in [2.45, 2.75) is 32.9 Å². The molecule has 17 heavy (non-hydrogen) atoms. The second-order valence-corrected chi connectivity index (χ2v) is 5.60. The van der Waals surface area contributed by atoms with Crippen LogP contribution in [0.25, 0.3) is 0 Å². The molecule has 0 spiro atoms. The number of hydrogen-bond donors (Lipinski definition) is 1. The first kappa shape index (κ1) is 12.6. The average molecular weight is 270 g/mol. The Kier molecular flexibility index (Phi) is 3.86. The maximum Gasteiger partial charge on any atom is 0.0931 e. The minimum Gasteiger partial charge on any atom is -0.318 e. The van der Waals surface area contributed by atoms with Crippen molar-refractivity contribution in [1.82, 2.24) is 9.78 Å². The van der Waals surface area contributed by atoms with Crippen molar-refractivity contribution in [3.8, 4) is 0 Å². The summed E-state index contributed by atoms with van der Waals surface area (Å²) in [4.78, 5) is 1.08. The zero-order valence-electron chi connectivity index (χ0n) is 9.98. The highest BCUT2D eigenvalue weighted by atomic mass is 35.5. The van der Waals surface area contributed by atoms with Crippen LogP contribution in [0.15, 0.2) is 18.2 Å². The molecule has 0 bridgehead atoms. The minimum atomic E-state index is -0.139. The molecule has 2 heterocycles. The fraction of sp³-hybridized carbons (Fsp3) is 0.417. The van der Waals surface area contributed by atoms with Gasteiger partial charge in [-0.2, -0.15) is 5.10 Å². The number of nitrogens with two attached hydrogens (primary N) is 1. The number of thiophene rings is 1. The van der Waals surface area contributed by atoms with E-state index in [-0.39, 0.29) is 6.04 Å². The smallest absolute Gasteiger partial charge is 0.0931 e. The Bertz CT molecular complexity index is 504. The van der Waals surface area contributed by atoms with Crippen LogP contribution in [0.4, 0.5) is 0 Å². The fourth-order valence-corrected chi connectivity index (χ4v) is 2.88. The van der Waals surface area contributed by atoms with Gasteiger partial charge in [0.05, 0.1) is 21.8 Å². The number of hydrogen-bond acceptors (Lipinski definition) is 3. The molecule has 2 rings (SSSR count). The molecule has 0 radical (unpaired) electrons. The Morgan fingerprint density at radius 3 is 2.76 bits per heavy atom. The molecule has 1 unspecified atom stereocenters. The third-order valence-electron chi connectivity index (χ3n) is 2.74. The molecule has 92 valence electrons. The molecule has 2 aromatic heterocycles. The molecule has 0 amide bonds. The van der Waals surface area contributed by atoms with Crippen molar-refractivity contribution in [3.05, 3.63) is 38.8 Å². The first-order valence-electron chi connectivity index (χ1n) is 5.73. The van der Waals surface area contributed by atoms with Crippen LogP contribution < -0.4 is 5.73 Å². The predicted octanol–water partition coefficient (Wildman–Crippen LogP) is 3.23. The van der Waals surface area contributed by atoms with Gasteiger partial charge in [-0.05, 0) is 31.5 Å². The molecule has 0 aromatic carbocycles. The van der Waals surface area contributed by atoms with Crippen LogP contribution in [0.5, 0.6) is 0 Å². The normalized spacial score (nSPS) is 12.9. The highest BCUT2D eigenvalue weighted by Crippen LogP contribution is 2.29. The van der Waals surface area contributed by atoms with E-state index >= 15 is 0 Å². The van der Waals surface area contributed by atoms with Crippen LogP contribution in [0, 0.1) is 0 Å². The van der Waals surface area contributed by atoms with E-state index in [0.717, 1.165) is 33.6 Å². The van der Waals surface area contributed by atoms with Gasteiger partial charge in [0.1, 0.15) is 0 Å². The zero-order chi connectivity index (χ0) is 12.4. The second-order valence-electron chi connectivity index (χ2n) is 3.85. The number of halogens is 1. The van der Waals surface area contributed by atoms with Gasteiger partial charge in [-0.15, -0.1) is 11.3 Å². The Morgan fingerprint density at radius 2 is 2.24 bits per heavy atom. The second kappa shape index (κ2) is 5.21. The molecule has 2 aromatic rings. The van der Waals surface area contributed by atoms with Crippen molar-refractivity contribution in [2.24, 2.45) is 5.73 Å². The quantitative estimate of drug-likeness (QED) is 0.926. The molecule has 1 atom stereocenters. The van der Waals surface area contributed by atoms with Crippen LogP contribution in [0.3, 0.4) is 0 Å². The fourth-order valence-electron chi connectivity index (χ4n) is 1.80. The zero-order valence-corrected chi connectivity index (χ0v) is 11.6. The number of aryl methyl sites for hydroxylation is 2. The summed E-state index contributed by atoms with van der Waals surface area (Å²) in [7, 11) is 0. The Labute approximate surface area is 110 Å². The Balaban J connectivity index is 2.35. The van der Waals surface area contributed by atoms with Crippen LogP contribution in [-0.2, 0) is 13.0 Å². The molecule has 0 saturated carbocycles.